The van der Waals surface area contributed by atoms with Crippen molar-refractivity contribution in [2.24, 2.45) is 5.41 Å². The van der Waals surface area contributed by atoms with Crippen LogP contribution in [0.5, 0.6) is 0 Å². The van der Waals surface area contributed by atoms with Gasteiger partial charge in [0.1, 0.15) is 0 Å². The van der Waals surface area contributed by atoms with Crippen molar-refractivity contribution in [2.45, 2.75) is 78.4 Å². The Balaban J connectivity index is 2.04. The first kappa shape index (κ1) is 15.0. The second-order valence-electron chi connectivity index (χ2n) is 6.38. The van der Waals surface area contributed by atoms with Gasteiger partial charge in [-0.1, -0.05) is 20.8 Å². The molecule has 1 aliphatic rings. The molecule has 0 aromatic heterocycles. The van der Waals surface area contributed by atoms with Gasteiger partial charge in [-0.25, -0.2) is 0 Å². The fourth-order valence-corrected chi connectivity index (χ4v) is 2.44. The minimum atomic E-state index is 0.529. The molecule has 1 N–H and O–H groups in total. The van der Waals surface area contributed by atoms with Crippen molar-refractivity contribution in [3.8, 4) is 0 Å². The van der Waals surface area contributed by atoms with Gasteiger partial charge in [0.05, 0.1) is 6.10 Å². The van der Waals surface area contributed by atoms with Gasteiger partial charge >= 0.3 is 0 Å². The summed E-state index contributed by atoms with van der Waals surface area (Å²) < 4.78 is 5.99. The number of hydrogen-bond acceptors (Lipinski definition) is 2. The molecule has 17 heavy (non-hydrogen) atoms. The minimum Gasteiger partial charge on any atom is -0.378 e. The third-order valence-electron chi connectivity index (χ3n) is 3.93. The Kier molecular flexibility index (Phi) is 6.50. The highest BCUT2D eigenvalue weighted by molar-refractivity contribution is 4.78. The average Bonchev–Trinajstić information content (AvgIpc) is 2.29. The summed E-state index contributed by atoms with van der Waals surface area (Å²) in [6.07, 6.45) is 8.03. The summed E-state index contributed by atoms with van der Waals surface area (Å²) in [5.74, 6) is 0. The van der Waals surface area contributed by atoms with Gasteiger partial charge in [-0.15, -0.1) is 0 Å². The zero-order valence-corrected chi connectivity index (χ0v) is 12.2. The first-order valence-electron chi connectivity index (χ1n) is 7.38. The van der Waals surface area contributed by atoms with Gasteiger partial charge in [0.15, 0.2) is 0 Å². The molecule has 0 bridgehead atoms. The topological polar surface area (TPSA) is 21.3 Å². The molecule has 1 unspecified atom stereocenters. The summed E-state index contributed by atoms with van der Waals surface area (Å²) in [5, 5.41) is 3.50. The van der Waals surface area contributed by atoms with Crippen molar-refractivity contribution in [1.29, 1.82) is 0 Å². The molecule has 0 heterocycles. The number of ether oxygens (including phenoxy) is 1. The van der Waals surface area contributed by atoms with Crippen LogP contribution in [0.3, 0.4) is 0 Å². The van der Waals surface area contributed by atoms with E-state index in [0.29, 0.717) is 17.6 Å². The van der Waals surface area contributed by atoms with E-state index in [-0.39, 0.29) is 0 Å². The Bertz CT molecular complexity index is 193. The minimum absolute atomic E-state index is 0.529. The van der Waals surface area contributed by atoms with Crippen molar-refractivity contribution >= 4 is 0 Å². The largest absolute Gasteiger partial charge is 0.378 e. The van der Waals surface area contributed by atoms with Gasteiger partial charge in [-0.2, -0.15) is 0 Å². The molecule has 1 rings (SSSR count). The maximum absolute atomic E-state index is 5.99. The van der Waals surface area contributed by atoms with Crippen LogP contribution in [0.1, 0.15) is 66.2 Å². The highest BCUT2D eigenvalue weighted by atomic mass is 16.5. The van der Waals surface area contributed by atoms with Crippen molar-refractivity contribution in [3.05, 3.63) is 0 Å². The summed E-state index contributed by atoms with van der Waals surface area (Å²) in [5.41, 5.74) is 0.551. The molecule has 1 aliphatic carbocycles. The predicted octanol–water partition coefficient (Wildman–Crippen LogP) is 3.75. The fourth-order valence-electron chi connectivity index (χ4n) is 2.44. The Hall–Kier alpha value is -0.0800. The molecule has 1 fully saturated rings. The lowest BCUT2D eigenvalue weighted by Crippen LogP contribution is -2.30. The van der Waals surface area contributed by atoms with E-state index in [1.807, 2.05) is 0 Å². The van der Waals surface area contributed by atoms with Crippen LogP contribution in [0, 0.1) is 5.41 Å². The molecule has 0 amide bonds. The predicted molar refractivity (Wildman–Crippen MR) is 74.4 cm³/mol. The maximum Gasteiger partial charge on any atom is 0.0575 e. The Labute approximate surface area is 108 Å². The van der Waals surface area contributed by atoms with Crippen LogP contribution in [-0.4, -0.2) is 25.3 Å². The van der Waals surface area contributed by atoms with Crippen LogP contribution in [0.15, 0.2) is 0 Å². The summed E-state index contributed by atoms with van der Waals surface area (Å²) in [4.78, 5) is 0. The van der Waals surface area contributed by atoms with E-state index in [9.17, 15) is 0 Å². The monoisotopic (exact) mass is 241 g/mol. The molecule has 0 aromatic rings. The highest BCUT2D eigenvalue weighted by Crippen LogP contribution is 2.36. The molecule has 2 heteroatoms. The van der Waals surface area contributed by atoms with Gasteiger partial charge in [-0.3, -0.25) is 0 Å². The fraction of sp³-hybridized carbons (Fsp3) is 1.00. The Morgan fingerprint density at radius 3 is 2.53 bits per heavy atom. The maximum atomic E-state index is 5.99. The van der Waals surface area contributed by atoms with Crippen molar-refractivity contribution in [2.75, 3.05) is 13.2 Å². The molecule has 1 saturated carbocycles. The Morgan fingerprint density at radius 2 is 1.94 bits per heavy atom. The van der Waals surface area contributed by atoms with E-state index < -0.39 is 0 Å². The van der Waals surface area contributed by atoms with Gasteiger partial charge in [0, 0.05) is 12.6 Å². The van der Waals surface area contributed by atoms with Crippen LogP contribution in [0.4, 0.5) is 0 Å². The smallest absolute Gasteiger partial charge is 0.0575 e. The van der Waals surface area contributed by atoms with E-state index in [1.54, 1.807) is 0 Å². The molecular weight excluding hydrogens is 210 g/mol. The molecule has 0 saturated heterocycles. The van der Waals surface area contributed by atoms with E-state index in [0.717, 1.165) is 19.6 Å². The van der Waals surface area contributed by atoms with Gasteiger partial charge in [0.2, 0.25) is 0 Å². The van der Waals surface area contributed by atoms with Crippen molar-refractivity contribution in [1.82, 2.24) is 5.32 Å². The molecular formula is C15H31NO. The first-order chi connectivity index (χ1) is 8.03. The normalized spacial score (nSPS) is 22.6. The third kappa shape index (κ3) is 6.42. The number of hydrogen-bond donors (Lipinski definition) is 1. The third-order valence-corrected chi connectivity index (χ3v) is 3.93. The quantitative estimate of drug-likeness (QED) is 0.733. The van der Waals surface area contributed by atoms with E-state index in [4.69, 9.17) is 4.74 Å². The number of rotatable bonds is 7. The van der Waals surface area contributed by atoms with Gasteiger partial charge < -0.3 is 10.1 Å². The SMILES string of the molecule is CCCNC(C)CCOC1CCC(C)(C)CC1. The van der Waals surface area contributed by atoms with Gasteiger partial charge in [-0.05, 0) is 57.4 Å². The Morgan fingerprint density at radius 1 is 1.29 bits per heavy atom. The van der Waals surface area contributed by atoms with Gasteiger partial charge in [0.25, 0.3) is 0 Å². The van der Waals surface area contributed by atoms with Crippen molar-refractivity contribution < 1.29 is 4.74 Å². The zero-order chi connectivity index (χ0) is 12.7. The van der Waals surface area contributed by atoms with Crippen LogP contribution in [0.25, 0.3) is 0 Å². The van der Waals surface area contributed by atoms with Crippen LogP contribution < -0.4 is 5.32 Å². The van der Waals surface area contributed by atoms with Crippen LogP contribution in [0.2, 0.25) is 0 Å². The van der Waals surface area contributed by atoms with Crippen molar-refractivity contribution in [3.63, 3.8) is 0 Å². The lowest BCUT2D eigenvalue weighted by molar-refractivity contribution is 0.00115. The molecule has 0 radical (unpaired) electrons. The second-order valence-corrected chi connectivity index (χ2v) is 6.38. The molecule has 102 valence electrons. The first-order valence-corrected chi connectivity index (χ1v) is 7.38. The lowest BCUT2D eigenvalue weighted by atomic mass is 9.76. The number of nitrogens with one attached hydrogen (secondary N) is 1. The molecule has 0 aromatic carbocycles. The summed E-state index contributed by atoms with van der Waals surface area (Å²) in [7, 11) is 0. The summed E-state index contributed by atoms with van der Waals surface area (Å²) in [6, 6.07) is 0.593. The molecule has 0 spiro atoms. The van der Waals surface area contributed by atoms with E-state index >= 15 is 0 Å². The second kappa shape index (κ2) is 7.38. The summed E-state index contributed by atoms with van der Waals surface area (Å²) >= 11 is 0. The van der Waals surface area contributed by atoms with E-state index in [1.165, 1.54) is 32.1 Å². The van der Waals surface area contributed by atoms with Crippen LogP contribution in [-0.2, 0) is 4.74 Å². The summed E-state index contributed by atoms with van der Waals surface area (Å²) in [6.45, 7) is 11.3. The standard InChI is InChI=1S/C15H31NO/c1-5-11-16-13(2)8-12-17-14-6-9-15(3,4)10-7-14/h13-14,16H,5-12H2,1-4H3. The zero-order valence-electron chi connectivity index (χ0n) is 12.2. The highest BCUT2D eigenvalue weighted by Gasteiger charge is 2.26. The molecule has 0 aliphatic heterocycles. The van der Waals surface area contributed by atoms with E-state index in [2.05, 4.69) is 33.0 Å². The average molecular weight is 241 g/mol. The lowest BCUT2D eigenvalue weighted by Gasteiger charge is -2.34. The molecule has 2 nitrogen and oxygen atoms in total. The van der Waals surface area contributed by atoms with Crippen LogP contribution >= 0.6 is 0 Å². The molecule has 1 atom stereocenters.